The van der Waals surface area contributed by atoms with E-state index in [1.807, 2.05) is 60.7 Å². The van der Waals surface area contributed by atoms with Gasteiger partial charge in [-0.3, -0.25) is 14.9 Å². The van der Waals surface area contributed by atoms with Crippen molar-refractivity contribution in [3.63, 3.8) is 0 Å². The Balaban J connectivity index is 1.47. The average molecular weight is 537 g/mol. The molecular weight excluding hydrogens is 519 g/mol. The number of hydrogen-bond donors (Lipinski definition) is 1. The van der Waals surface area contributed by atoms with E-state index >= 15 is 0 Å². The van der Waals surface area contributed by atoms with E-state index < -0.39 is 18.5 Å². The van der Waals surface area contributed by atoms with Crippen LogP contribution < -0.4 is 5.32 Å². The summed E-state index contributed by atoms with van der Waals surface area (Å²) in [6.07, 6.45) is 0. The number of halogens is 2. The SMILES string of the molecule is N#Cc1c(NC(=O)COC(=O)CSc2cc(Cl)ccc2Cl)oc(-c2ccccc2)c1-c1ccccc1. The predicted octanol–water partition coefficient (Wildman–Crippen LogP) is 7.07. The van der Waals surface area contributed by atoms with Gasteiger partial charge in [0.1, 0.15) is 17.4 Å². The fourth-order valence-corrected chi connectivity index (χ4v) is 4.66. The summed E-state index contributed by atoms with van der Waals surface area (Å²) in [6, 6.07) is 25.6. The molecule has 1 aromatic heterocycles. The molecule has 0 unspecified atom stereocenters. The lowest BCUT2D eigenvalue weighted by Crippen LogP contribution is -2.21. The summed E-state index contributed by atoms with van der Waals surface area (Å²) in [4.78, 5) is 25.3. The molecule has 6 nitrogen and oxygen atoms in total. The lowest BCUT2D eigenvalue weighted by atomic mass is 9.98. The number of benzene rings is 3. The first kappa shape index (κ1) is 25.4. The first-order valence-electron chi connectivity index (χ1n) is 10.7. The Morgan fingerprint density at radius 2 is 1.64 bits per heavy atom. The lowest BCUT2D eigenvalue weighted by Gasteiger charge is -2.06. The van der Waals surface area contributed by atoms with Crippen LogP contribution in [0, 0.1) is 11.3 Å². The van der Waals surface area contributed by atoms with Gasteiger partial charge in [0, 0.05) is 21.0 Å². The molecule has 0 atom stereocenters. The fourth-order valence-electron chi connectivity index (χ4n) is 3.37. The number of nitrogens with zero attached hydrogens (tertiary/aromatic N) is 1. The molecule has 1 amide bonds. The van der Waals surface area contributed by atoms with E-state index in [0.29, 0.717) is 26.3 Å². The van der Waals surface area contributed by atoms with Gasteiger partial charge in [0.25, 0.3) is 5.91 Å². The van der Waals surface area contributed by atoms with Crippen molar-refractivity contribution in [3.05, 3.63) is 94.5 Å². The molecule has 3 aromatic carbocycles. The van der Waals surface area contributed by atoms with Gasteiger partial charge in [-0.15, -0.1) is 11.8 Å². The summed E-state index contributed by atoms with van der Waals surface area (Å²) in [6.45, 7) is -0.546. The summed E-state index contributed by atoms with van der Waals surface area (Å²) in [5.41, 5.74) is 2.24. The maximum atomic E-state index is 12.5. The molecule has 9 heteroatoms. The highest BCUT2D eigenvalue weighted by Crippen LogP contribution is 2.41. The van der Waals surface area contributed by atoms with E-state index in [-0.39, 0.29) is 17.2 Å². The lowest BCUT2D eigenvalue weighted by molar-refractivity contribution is -0.144. The van der Waals surface area contributed by atoms with Crippen LogP contribution in [-0.2, 0) is 14.3 Å². The van der Waals surface area contributed by atoms with Crippen molar-refractivity contribution in [2.75, 3.05) is 17.7 Å². The Hall–Kier alpha value is -3.70. The predicted molar refractivity (Wildman–Crippen MR) is 141 cm³/mol. The quantitative estimate of drug-likeness (QED) is 0.191. The van der Waals surface area contributed by atoms with Crippen LogP contribution in [0.15, 0.2) is 88.2 Å². The highest BCUT2D eigenvalue weighted by molar-refractivity contribution is 8.00. The van der Waals surface area contributed by atoms with Crippen LogP contribution in [0.4, 0.5) is 5.88 Å². The second kappa shape index (κ2) is 11.8. The number of nitriles is 1. The minimum absolute atomic E-state index is 0.0173. The highest BCUT2D eigenvalue weighted by Gasteiger charge is 2.24. The molecular formula is C27H18Cl2N2O4S. The molecule has 0 aliphatic heterocycles. The van der Waals surface area contributed by atoms with E-state index in [2.05, 4.69) is 11.4 Å². The highest BCUT2D eigenvalue weighted by atomic mass is 35.5. The fraction of sp³-hybridized carbons (Fsp3) is 0.0741. The molecule has 4 aromatic rings. The molecule has 4 rings (SSSR count). The van der Waals surface area contributed by atoms with Crippen molar-refractivity contribution in [3.8, 4) is 28.5 Å². The number of furan rings is 1. The van der Waals surface area contributed by atoms with Gasteiger partial charge in [0.05, 0.1) is 10.8 Å². The van der Waals surface area contributed by atoms with E-state index in [4.69, 9.17) is 32.4 Å². The maximum absolute atomic E-state index is 12.5. The van der Waals surface area contributed by atoms with Gasteiger partial charge in [-0.25, -0.2) is 0 Å². The molecule has 1 heterocycles. The standard InChI is InChI=1S/C27H18Cl2N2O4S/c28-19-11-12-21(29)22(13-19)36-16-24(33)34-15-23(32)31-27-20(14-30)25(17-7-3-1-4-8-17)26(35-27)18-9-5-2-6-10-18/h1-13H,15-16H2,(H,31,32). The van der Waals surface area contributed by atoms with Crippen LogP contribution in [0.5, 0.6) is 0 Å². The molecule has 36 heavy (non-hydrogen) atoms. The zero-order valence-electron chi connectivity index (χ0n) is 18.7. The third kappa shape index (κ3) is 6.10. The molecule has 0 saturated heterocycles. The van der Waals surface area contributed by atoms with Gasteiger partial charge in [0.2, 0.25) is 5.88 Å². The molecule has 0 spiro atoms. The number of hydrogen-bond acceptors (Lipinski definition) is 6. The summed E-state index contributed by atoms with van der Waals surface area (Å²) >= 11 is 13.2. The van der Waals surface area contributed by atoms with Crippen LogP contribution in [-0.4, -0.2) is 24.2 Å². The Kier molecular flexibility index (Phi) is 8.34. The number of carbonyl (C=O) groups excluding carboxylic acids is 2. The van der Waals surface area contributed by atoms with E-state index in [0.717, 1.165) is 22.9 Å². The number of nitrogens with one attached hydrogen (secondary N) is 1. The van der Waals surface area contributed by atoms with Crippen LogP contribution in [0.2, 0.25) is 10.0 Å². The molecule has 180 valence electrons. The van der Waals surface area contributed by atoms with Crippen molar-refractivity contribution in [2.24, 2.45) is 0 Å². The van der Waals surface area contributed by atoms with E-state index in [9.17, 15) is 14.9 Å². The second-order valence-corrected chi connectivity index (χ2v) is 9.29. The first-order chi connectivity index (χ1) is 17.5. The normalized spacial score (nSPS) is 10.5. The number of ether oxygens (including phenoxy) is 1. The smallest absolute Gasteiger partial charge is 0.316 e. The van der Waals surface area contributed by atoms with Crippen LogP contribution in [0.25, 0.3) is 22.5 Å². The van der Waals surface area contributed by atoms with Gasteiger partial charge < -0.3 is 9.15 Å². The Labute approximate surface area is 221 Å². The Bertz CT molecular complexity index is 1430. The number of thioether (sulfide) groups is 1. The number of amides is 1. The zero-order chi connectivity index (χ0) is 25.5. The molecule has 0 saturated carbocycles. The molecule has 0 aliphatic rings. The minimum atomic E-state index is -0.640. The number of carbonyl (C=O) groups is 2. The molecule has 0 bridgehead atoms. The summed E-state index contributed by atoms with van der Waals surface area (Å²) in [7, 11) is 0. The van der Waals surface area contributed by atoms with Crippen LogP contribution in [0.3, 0.4) is 0 Å². The van der Waals surface area contributed by atoms with Crippen molar-refractivity contribution in [1.29, 1.82) is 5.26 Å². The van der Waals surface area contributed by atoms with Gasteiger partial charge in [-0.1, -0.05) is 83.9 Å². The van der Waals surface area contributed by atoms with Gasteiger partial charge >= 0.3 is 5.97 Å². The van der Waals surface area contributed by atoms with E-state index in [1.165, 1.54) is 0 Å². The minimum Gasteiger partial charge on any atom is -0.455 e. The van der Waals surface area contributed by atoms with Gasteiger partial charge in [-0.2, -0.15) is 5.26 Å². The number of esters is 1. The number of anilines is 1. The maximum Gasteiger partial charge on any atom is 0.316 e. The topological polar surface area (TPSA) is 92.3 Å². The molecule has 0 fully saturated rings. The van der Waals surface area contributed by atoms with Crippen LogP contribution >= 0.6 is 35.0 Å². The van der Waals surface area contributed by atoms with Gasteiger partial charge in [0.15, 0.2) is 6.61 Å². The Morgan fingerprint density at radius 3 is 2.31 bits per heavy atom. The Morgan fingerprint density at radius 1 is 0.972 bits per heavy atom. The van der Waals surface area contributed by atoms with Gasteiger partial charge in [-0.05, 0) is 23.8 Å². The first-order valence-corrected chi connectivity index (χ1v) is 12.4. The van der Waals surface area contributed by atoms with E-state index in [1.54, 1.807) is 18.2 Å². The largest absolute Gasteiger partial charge is 0.455 e. The third-order valence-corrected chi connectivity index (χ3v) is 6.68. The van der Waals surface area contributed by atoms with Crippen molar-refractivity contribution >= 4 is 52.7 Å². The van der Waals surface area contributed by atoms with Crippen LogP contribution in [0.1, 0.15) is 5.56 Å². The summed E-state index contributed by atoms with van der Waals surface area (Å²) in [5.74, 6) is -0.884. The summed E-state index contributed by atoms with van der Waals surface area (Å²) in [5, 5.41) is 13.4. The average Bonchev–Trinajstić information content (AvgIpc) is 3.27. The number of rotatable bonds is 8. The third-order valence-electron chi connectivity index (χ3n) is 4.97. The molecule has 0 aliphatic carbocycles. The summed E-state index contributed by atoms with van der Waals surface area (Å²) < 4.78 is 11.0. The monoisotopic (exact) mass is 536 g/mol. The van der Waals surface area contributed by atoms with Crippen molar-refractivity contribution in [1.82, 2.24) is 0 Å². The second-order valence-electron chi connectivity index (χ2n) is 7.43. The zero-order valence-corrected chi connectivity index (χ0v) is 21.0. The van der Waals surface area contributed by atoms with Crippen molar-refractivity contribution in [2.45, 2.75) is 4.90 Å². The molecule has 0 radical (unpaired) electrons. The van der Waals surface area contributed by atoms with Crippen molar-refractivity contribution < 1.29 is 18.7 Å². The molecule has 1 N–H and O–H groups in total.